The molecule has 4 aromatic heterocycles. The van der Waals surface area contributed by atoms with E-state index in [9.17, 15) is 5.11 Å². The molecule has 1 aliphatic carbocycles. The molecule has 150 valence electrons. The molecule has 9 heteroatoms. The van der Waals surface area contributed by atoms with E-state index in [1.807, 2.05) is 49.1 Å². The number of hydrogen-bond donors (Lipinski definition) is 3. The topological polar surface area (TPSA) is 105 Å². The zero-order valence-electron chi connectivity index (χ0n) is 16.5. The highest BCUT2D eigenvalue weighted by Crippen LogP contribution is 2.31. The molecule has 9 nitrogen and oxygen atoms in total. The van der Waals surface area contributed by atoms with Gasteiger partial charge in [-0.25, -0.2) is 14.0 Å². The number of nitrogens with zero attached hydrogens (tertiary/aromatic N) is 6. The van der Waals surface area contributed by atoms with E-state index in [1.165, 1.54) is 0 Å². The van der Waals surface area contributed by atoms with E-state index in [0.717, 1.165) is 53.9 Å². The summed E-state index contributed by atoms with van der Waals surface area (Å²) in [6.45, 7) is 1.90. The van der Waals surface area contributed by atoms with Crippen LogP contribution in [0.25, 0.3) is 22.4 Å². The number of aromatic nitrogens is 6. The second-order valence-corrected chi connectivity index (χ2v) is 7.92. The van der Waals surface area contributed by atoms with Crippen molar-refractivity contribution in [2.24, 2.45) is 0 Å². The summed E-state index contributed by atoms with van der Waals surface area (Å²) in [7, 11) is 1.85. The molecule has 0 aromatic carbocycles. The van der Waals surface area contributed by atoms with Crippen LogP contribution in [0.1, 0.15) is 32.6 Å². The Morgan fingerprint density at radius 1 is 1.10 bits per heavy atom. The average Bonchev–Trinajstić information content (AvgIpc) is 3.35. The Morgan fingerprint density at radius 2 is 1.93 bits per heavy atom. The second-order valence-electron chi connectivity index (χ2n) is 7.92. The summed E-state index contributed by atoms with van der Waals surface area (Å²) < 4.78 is 3.59. The first kappa shape index (κ1) is 17.9. The number of imidazole rings is 1. The maximum atomic E-state index is 10.2. The lowest BCUT2D eigenvalue weighted by Gasteiger charge is -2.33. The van der Waals surface area contributed by atoms with Crippen LogP contribution < -0.4 is 10.6 Å². The van der Waals surface area contributed by atoms with Crippen LogP contribution in [0.3, 0.4) is 0 Å². The molecule has 0 amide bonds. The van der Waals surface area contributed by atoms with Gasteiger partial charge in [-0.3, -0.25) is 0 Å². The minimum Gasteiger partial charge on any atom is -0.390 e. The third-order valence-electron chi connectivity index (χ3n) is 5.67. The van der Waals surface area contributed by atoms with E-state index >= 15 is 0 Å². The van der Waals surface area contributed by atoms with Crippen molar-refractivity contribution in [1.82, 2.24) is 29.2 Å². The molecule has 0 bridgehead atoms. The highest BCUT2D eigenvalue weighted by molar-refractivity contribution is 5.87. The van der Waals surface area contributed by atoms with Crippen molar-refractivity contribution >= 4 is 22.9 Å². The third-order valence-corrected chi connectivity index (χ3v) is 5.67. The van der Waals surface area contributed by atoms with Crippen LogP contribution in [0, 0.1) is 0 Å². The number of rotatable bonds is 4. The number of aliphatic hydroxyl groups is 1. The van der Waals surface area contributed by atoms with Gasteiger partial charge in [0.2, 0.25) is 5.95 Å². The number of fused-ring (bicyclic) bond motifs is 2. The van der Waals surface area contributed by atoms with Gasteiger partial charge in [-0.1, -0.05) is 0 Å². The molecule has 4 aromatic rings. The molecule has 0 aliphatic heterocycles. The van der Waals surface area contributed by atoms with Gasteiger partial charge in [0.15, 0.2) is 11.5 Å². The maximum Gasteiger partial charge on any atom is 0.243 e. The molecule has 4 heterocycles. The van der Waals surface area contributed by atoms with Crippen molar-refractivity contribution in [2.75, 3.05) is 17.7 Å². The Morgan fingerprint density at radius 3 is 2.72 bits per heavy atom. The molecule has 1 aliphatic rings. The highest BCUT2D eigenvalue weighted by atomic mass is 16.3. The van der Waals surface area contributed by atoms with Gasteiger partial charge < -0.3 is 15.7 Å². The molecule has 1 saturated carbocycles. The summed E-state index contributed by atoms with van der Waals surface area (Å²) in [6, 6.07) is 6.16. The fourth-order valence-electron chi connectivity index (χ4n) is 3.99. The molecule has 3 N–H and O–H groups in total. The van der Waals surface area contributed by atoms with Crippen molar-refractivity contribution in [2.45, 2.75) is 44.2 Å². The van der Waals surface area contributed by atoms with Crippen molar-refractivity contribution in [1.29, 1.82) is 0 Å². The van der Waals surface area contributed by atoms with Crippen LogP contribution in [0.4, 0.5) is 11.8 Å². The Labute approximate surface area is 167 Å². The minimum absolute atomic E-state index is 0.262. The Hall–Kier alpha value is -3.20. The van der Waals surface area contributed by atoms with Gasteiger partial charge >= 0.3 is 0 Å². The zero-order chi connectivity index (χ0) is 20.0. The van der Waals surface area contributed by atoms with Crippen molar-refractivity contribution in [3.63, 3.8) is 0 Å². The normalized spacial score (nSPS) is 22.2. The second kappa shape index (κ2) is 6.70. The van der Waals surface area contributed by atoms with Crippen LogP contribution in [0.5, 0.6) is 0 Å². The molecular formula is C20H24N8O. The van der Waals surface area contributed by atoms with Crippen LogP contribution in [-0.4, -0.2) is 53.0 Å². The van der Waals surface area contributed by atoms with Gasteiger partial charge in [0.1, 0.15) is 5.52 Å². The summed E-state index contributed by atoms with van der Waals surface area (Å²) in [5.41, 5.74) is 2.90. The van der Waals surface area contributed by atoms with E-state index in [0.29, 0.717) is 5.95 Å². The number of anilines is 2. The summed E-state index contributed by atoms with van der Waals surface area (Å²) in [4.78, 5) is 8.94. The largest absolute Gasteiger partial charge is 0.390 e. The fraction of sp³-hybridized carbons (Fsp3) is 0.400. The lowest BCUT2D eigenvalue weighted by atomic mass is 9.84. The summed E-state index contributed by atoms with van der Waals surface area (Å²) in [6.07, 6.45) is 8.84. The van der Waals surface area contributed by atoms with E-state index in [4.69, 9.17) is 4.98 Å². The molecule has 0 unspecified atom stereocenters. The Bertz CT molecular complexity index is 1170. The first-order valence-electron chi connectivity index (χ1n) is 9.89. The first-order chi connectivity index (χ1) is 14.0. The number of nitrogens with one attached hydrogen (secondary N) is 2. The predicted molar refractivity (Wildman–Crippen MR) is 111 cm³/mol. The van der Waals surface area contributed by atoms with E-state index < -0.39 is 5.60 Å². The van der Waals surface area contributed by atoms with Crippen LogP contribution in [0.15, 0.2) is 36.8 Å². The molecule has 0 atom stereocenters. The minimum atomic E-state index is -0.558. The molecule has 5 rings (SSSR count). The fourth-order valence-corrected chi connectivity index (χ4v) is 3.99. The standard InChI is InChI=1S/C20H24N8O/c1-20(29)8-5-13(6-9-20)23-19-24-18(21-2)17-14(7-11-28(17)26-19)15-3-4-16-22-10-12-27(16)25-15/h3-4,7,10-13,29H,5-6,8-9H2,1-2H3,(H2,21,23,24,26). The van der Waals surface area contributed by atoms with E-state index in [1.54, 1.807) is 10.7 Å². The molecule has 29 heavy (non-hydrogen) atoms. The van der Waals surface area contributed by atoms with E-state index in [-0.39, 0.29) is 6.04 Å². The highest BCUT2D eigenvalue weighted by Gasteiger charge is 2.29. The van der Waals surface area contributed by atoms with Gasteiger partial charge in [-0.15, -0.1) is 5.10 Å². The Balaban J connectivity index is 1.49. The zero-order valence-corrected chi connectivity index (χ0v) is 16.5. The molecule has 0 radical (unpaired) electrons. The van der Waals surface area contributed by atoms with Crippen molar-refractivity contribution in [3.8, 4) is 11.3 Å². The third kappa shape index (κ3) is 3.27. The molecule has 1 fully saturated rings. The quantitative estimate of drug-likeness (QED) is 0.490. The molecular weight excluding hydrogens is 368 g/mol. The van der Waals surface area contributed by atoms with E-state index in [2.05, 4.69) is 25.8 Å². The van der Waals surface area contributed by atoms with Gasteiger partial charge in [-0.05, 0) is 50.8 Å². The predicted octanol–water partition coefficient (Wildman–Crippen LogP) is 2.59. The number of hydrogen-bond acceptors (Lipinski definition) is 7. The molecule has 0 spiro atoms. The van der Waals surface area contributed by atoms with Crippen LogP contribution in [0.2, 0.25) is 0 Å². The maximum absolute atomic E-state index is 10.2. The summed E-state index contributed by atoms with van der Waals surface area (Å²) >= 11 is 0. The Kier molecular flexibility index (Phi) is 4.13. The van der Waals surface area contributed by atoms with Gasteiger partial charge in [0.25, 0.3) is 0 Å². The van der Waals surface area contributed by atoms with Crippen LogP contribution >= 0.6 is 0 Å². The summed E-state index contributed by atoms with van der Waals surface area (Å²) in [5.74, 6) is 1.31. The average molecular weight is 392 g/mol. The van der Waals surface area contributed by atoms with Crippen LogP contribution in [-0.2, 0) is 0 Å². The first-order valence-corrected chi connectivity index (χ1v) is 9.89. The lowest BCUT2D eigenvalue weighted by molar-refractivity contribution is 0.0195. The monoisotopic (exact) mass is 392 g/mol. The van der Waals surface area contributed by atoms with Gasteiger partial charge in [0.05, 0.1) is 11.3 Å². The van der Waals surface area contributed by atoms with Crippen molar-refractivity contribution in [3.05, 3.63) is 36.8 Å². The van der Waals surface area contributed by atoms with Gasteiger partial charge in [0, 0.05) is 37.2 Å². The SMILES string of the molecule is CNc1nc(NC2CCC(C)(O)CC2)nn2ccc(-c3ccc4nccn4n3)c12. The van der Waals surface area contributed by atoms with Crippen molar-refractivity contribution < 1.29 is 5.11 Å². The lowest BCUT2D eigenvalue weighted by Crippen LogP contribution is -2.36. The smallest absolute Gasteiger partial charge is 0.243 e. The summed E-state index contributed by atoms with van der Waals surface area (Å²) in [5, 5.41) is 26.1. The van der Waals surface area contributed by atoms with Gasteiger partial charge in [-0.2, -0.15) is 10.1 Å². The molecule has 0 saturated heterocycles.